The Hall–Kier alpha value is -3.47. The number of para-hydroxylation sites is 4. The van der Waals surface area contributed by atoms with E-state index in [4.69, 9.17) is 4.98 Å². The zero-order chi connectivity index (χ0) is 19.8. The van der Waals surface area contributed by atoms with Crippen LogP contribution in [0.15, 0.2) is 73.1 Å². The lowest BCUT2D eigenvalue weighted by Crippen LogP contribution is -2.39. The largest absolute Gasteiger partial charge is 0.296 e. The number of rotatable bonds is 4. The van der Waals surface area contributed by atoms with E-state index in [1.807, 2.05) is 41.3 Å². The molecule has 1 unspecified atom stereocenters. The minimum atomic E-state index is -0.113. The summed E-state index contributed by atoms with van der Waals surface area (Å²) in [6.07, 6.45) is 6.29. The Balaban J connectivity index is 1.75. The van der Waals surface area contributed by atoms with Crippen molar-refractivity contribution < 1.29 is 4.79 Å². The van der Waals surface area contributed by atoms with Crippen molar-refractivity contribution in [3.63, 3.8) is 0 Å². The molecule has 0 bridgehead atoms. The fourth-order valence-electron chi connectivity index (χ4n) is 4.20. The molecule has 3 heterocycles. The molecule has 1 aliphatic heterocycles. The van der Waals surface area contributed by atoms with E-state index in [0.29, 0.717) is 5.56 Å². The smallest absolute Gasteiger partial charge is 0.259 e. The predicted molar refractivity (Wildman–Crippen MR) is 114 cm³/mol. The molecule has 1 amide bonds. The van der Waals surface area contributed by atoms with Crippen LogP contribution in [0.4, 0.5) is 5.69 Å². The highest BCUT2D eigenvalue weighted by molar-refractivity contribution is 6.08. The van der Waals surface area contributed by atoms with Crippen LogP contribution in [0.3, 0.4) is 0 Å². The van der Waals surface area contributed by atoms with Gasteiger partial charge in [-0.05, 0) is 42.8 Å². The number of unbranched alkanes of at least 4 members (excludes halogenated alkanes) is 1. The summed E-state index contributed by atoms with van der Waals surface area (Å²) >= 11 is 0. The third-order valence-corrected chi connectivity index (χ3v) is 5.56. The SMILES string of the molecule is CCCCC1c2nc3ccccc3n2-c2ccccc2N1C(=O)c1ccncc1. The summed E-state index contributed by atoms with van der Waals surface area (Å²) < 4.78 is 2.22. The second-order valence-electron chi connectivity index (χ2n) is 7.35. The third-order valence-electron chi connectivity index (χ3n) is 5.56. The second-order valence-corrected chi connectivity index (χ2v) is 7.35. The van der Waals surface area contributed by atoms with Gasteiger partial charge in [-0.15, -0.1) is 0 Å². The fraction of sp³-hybridized carbons (Fsp3) is 0.208. The summed E-state index contributed by atoms with van der Waals surface area (Å²) in [7, 11) is 0. The summed E-state index contributed by atoms with van der Waals surface area (Å²) in [6.45, 7) is 2.18. The van der Waals surface area contributed by atoms with Crippen LogP contribution in [0.25, 0.3) is 16.7 Å². The van der Waals surface area contributed by atoms with Crippen LogP contribution in [-0.2, 0) is 0 Å². The van der Waals surface area contributed by atoms with Crippen molar-refractivity contribution in [1.82, 2.24) is 14.5 Å². The number of nitrogens with zero attached hydrogens (tertiary/aromatic N) is 4. The number of hydrogen-bond acceptors (Lipinski definition) is 3. The number of hydrogen-bond donors (Lipinski definition) is 0. The van der Waals surface area contributed by atoms with Gasteiger partial charge in [-0.3, -0.25) is 19.2 Å². The topological polar surface area (TPSA) is 51.0 Å². The monoisotopic (exact) mass is 382 g/mol. The maximum absolute atomic E-state index is 13.6. The van der Waals surface area contributed by atoms with Crippen LogP contribution in [0, 0.1) is 0 Å². The van der Waals surface area contributed by atoms with Gasteiger partial charge in [-0.2, -0.15) is 0 Å². The van der Waals surface area contributed by atoms with Crippen molar-refractivity contribution >= 4 is 22.6 Å². The molecule has 2 aromatic carbocycles. The van der Waals surface area contributed by atoms with Crippen molar-refractivity contribution in [3.8, 4) is 5.69 Å². The van der Waals surface area contributed by atoms with E-state index in [9.17, 15) is 4.79 Å². The van der Waals surface area contributed by atoms with E-state index in [1.54, 1.807) is 24.5 Å². The summed E-state index contributed by atoms with van der Waals surface area (Å²) in [5.74, 6) is 0.917. The first-order valence-electron chi connectivity index (χ1n) is 10.1. The molecule has 0 spiro atoms. The van der Waals surface area contributed by atoms with Crippen molar-refractivity contribution in [2.75, 3.05) is 4.90 Å². The summed E-state index contributed by atoms with van der Waals surface area (Å²) in [6, 6.07) is 19.7. The van der Waals surface area contributed by atoms with Gasteiger partial charge < -0.3 is 0 Å². The van der Waals surface area contributed by atoms with Crippen LogP contribution < -0.4 is 4.90 Å². The highest BCUT2D eigenvalue weighted by Crippen LogP contribution is 2.43. The molecule has 1 aliphatic rings. The van der Waals surface area contributed by atoms with Gasteiger partial charge in [0.05, 0.1) is 28.5 Å². The van der Waals surface area contributed by atoms with Crippen LogP contribution in [0.2, 0.25) is 0 Å². The lowest BCUT2D eigenvalue weighted by Gasteiger charge is -2.37. The van der Waals surface area contributed by atoms with Crippen molar-refractivity contribution in [2.45, 2.75) is 32.2 Å². The molecule has 5 rings (SSSR count). The van der Waals surface area contributed by atoms with Gasteiger partial charge in [0.25, 0.3) is 5.91 Å². The molecule has 29 heavy (non-hydrogen) atoms. The first-order valence-corrected chi connectivity index (χ1v) is 10.1. The zero-order valence-electron chi connectivity index (χ0n) is 16.3. The van der Waals surface area contributed by atoms with Crippen molar-refractivity contribution in [2.24, 2.45) is 0 Å². The summed E-state index contributed by atoms with van der Waals surface area (Å²) in [5.41, 5.74) is 4.59. The molecule has 0 fully saturated rings. The second kappa shape index (κ2) is 7.17. The number of aromatic nitrogens is 3. The van der Waals surface area contributed by atoms with Crippen molar-refractivity contribution in [1.29, 1.82) is 0 Å². The molecular formula is C24H22N4O. The van der Waals surface area contributed by atoms with E-state index in [0.717, 1.165) is 47.5 Å². The molecular weight excluding hydrogens is 360 g/mol. The van der Waals surface area contributed by atoms with Gasteiger partial charge >= 0.3 is 0 Å². The Kier molecular flexibility index (Phi) is 4.35. The molecule has 2 aromatic heterocycles. The number of benzene rings is 2. The highest BCUT2D eigenvalue weighted by Gasteiger charge is 2.37. The predicted octanol–water partition coefficient (Wildman–Crippen LogP) is 5.31. The Morgan fingerprint density at radius 2 is 1.69 bits per heavy atom. The number of fused-ring (bicyclic) bond motifs is 5. The maximum atomic E-state index is 13.6. The molecule has 1 atom stereocenters. The number of anilines is 1. The molecule has 0 aliphatic carbocycles. The van der Waals surface area contributed by atoms with Gasteiger partial charge in [-0.25, -0.2) is 4.98 Å². The van der Waals surface area contributed by atoms with E-state index in [1.165, 1.54) is 0 Å². The van der Waals surface area contributed by atoms with Gasteiger partial charge in [0.2, 0.25) is 0 Å². The first-order chi connectivity index (χ1) is 14.3. The molecule has 4 aromatic rings. The van der Waals surface area contributed by atoms with Gasteiger partial charge in [0, 0.05) is 18.0 Å². The quantitative estimate of drug-likeness (QED) is 0.480. The average molecular weight is 382 g/mol. The third kappa shape index (κ3) is 2.81. The first kappa shape index (κ1) is 17.6. The van der Waals surface area contributed by atoms with Crippen LogP contribution in [-0.4, -0.2) is 20.4 Å². The Morgan fingerprint density at radius 1 is 0.966 bits per heavy atom. The molecule has 144 valence electrons. The Labute approximate surface area is 169 Å². The minimum Gasteiger partial charge on any atom is -0.296 e. The highest BCUT2D eigenvalue weighted by atomic mass is 16.2. The maximum Gasteiger partial charge on any atom is 0.259 e. The van der Waals surface area contributed by atoms with Gasteiger partial charge in [0.1, 0.15) is 5.82 Å². The summed E-state index contributed by atoms with van der Waals surface area (Å²) in [5, 5.41) is 0. The Morgan fingerprint density at radius 3 is 2.48 bits per heavy atom. The van der Waals surface area contributed by atoms with E-state index < -0.39 is 0 Å². The van der Waals surface area contributed by atoms with E-state index in [-0.39, 0.29) is 11.9 Å². The summed E-state index contributed by atoms with van der Waals surface area (Å²) in [4.78, 5) is 24.6. The molecule has 0 saturated carbocycles. The molecule has 5 heteroatoms. The fourth-order valence-corrected chi connectivity index (χ4v) is 4.20. The number of pyridine rings is 1. The molecule has 0 saturated heterocycles. The van der Waals surface area contributed by atoms with Crippen molar-refractivity contribution in [3.05, 3.63) is 84.4 Å². The van der Waals surface area contributed by atoms with Crippen LogP contribution in [0.5, 0.6) is 0 Å². The minimum absolute atomic E-state index is 0.0146. The molecule has 0 radical (unpaired) electrons. The lowest BCUT2D eigenvalue weighted by molar-refractivity contribution is 0.0971. The molecule has 5 nitrogen and oxygen atoms in total. The Bertz CT molecular complexity index is 1180. The average Bonchev–Trinajstić information content (AvgIpc) is 3.17. The standard InChI is InChI=1S/C24H22N4O/c1-2-3-9-22-23-26-18-8-4-5-10-19(18)27(23)20-11-6-7-12-21(20)28(22)24(29)17-13-15-25-16-14-17/h4-8,10-16,22H,2-3,9H2,1H3. The van der Waals surface area contributed by atoms with Gasteiger partial charge in [0.15, 0.2) is 0 Å². The van der Waals surface area contributed by atoms with E-state index >= 15 is 0 Å². The van der Waals surface area contributed by atoms with Crippen LogP contribution in [0.1, 0.15) is 48.4 Å². The number of imidazole rings is 1. The number of amides is 1. The number of carbonyl (C=O) groups excluding carboxylic acids is 1. The zero-order valence-corrected chi connectivity index (χ0v) is 16.3. The van der Waals surface area contributed by atoms with Gasteiger partial charge in [-0.1, -0.05) is 44.0 Å². The number of carbonyl (C=O) groups is 1. The van der Waals surface area contributed by atoms with E-state index in [2.05, 4.69) is 28.6 Å². The molecule has 0 N–H and O–H groups in total. The van der Waals surface area contributed by atoms with Crippen LogP contribution >= 0.6 is 0 Å². The lowest BCUT2D eigenvalue weighted by atomic mass is 10.0. The normalized spacial score (nSPS) is 15.2.